The third-order valence-electron chi connectivity index (χ3n) is 6.07. The molecule has 0 aromatic carbocycles. The normalized spacial score (nSPS) is 31.8. The topological polar surface area (TPSA) is 20.6 Å². The zero-order valence-corrected chi connectivity index (χ0v) is 20.3. The molecule has 3 rings (SSSR count). The van der Waals surface area contributed by atoms with Crippen molar-refractivity contribution in [2.24, 2.45) is 11.8 Å². The Morgan fingerprint density at radius 3 is 2.12 bits per heavy atom. The first-order chi connectivity index (χ1) is 11.4. The van der Waals surface area contributed by atoms with Gasteiger partial charge in [-0.1, -0.05) is 37.4 Å². The molecule has 0 radical (unpaired) electrons. The number of allylic oxidation sites excluding steroid dienone is 3. The van der Waals surface area contributed by atoms with Crippen LogP contribution in [0.5, 0.6) is 0 Å². The van der Waals surface area contributed by atoms with E-state index >= 15 is 0 Å². The number of fused-ring (bicyclic) bond motifs is 1. The Labute approximate surface area is 173 Å². The number of hydrogen-bond acceptors (Lipinski definition) is 2. The molecule has 0 bridgehead atoms. The van der Waals surface area contributed by atoms with E-state index in [1.807, 2.05) is 0 Å². The van der Waals surface area contributed by atoms with Gasteiger partial charge >= 0.3 is 35.6 Å². The van der Waals surface area contributed by atoms with Crippen molar-refractivity contribution in [1.29, 1.82) is 0 Å². The van der Waals surface area contributed by atoms with Gasteiger partial charge in [0.15, 0.2) is 0 Å². The van der Waals surface area contributed by atoms with Crippen molar-refractivity contribution < 1.29 is 17.0 Å². The Bertz CT molecular complexity index is 454. The maximum atomic E-state index is 4.89. The van der Waals surface area contributed by atoms with Crippen LogP contribution in [0.4, 0.5) is 0 Å². The first-order valence-corrected chi connectivity index (χ1v) is 16.1. The molecule has 3 unspecified atom stereocenters. The summed E-state index contributed by atoms with van der Waals surface area (Å²) in [6.07, 6.45) is 10.9. The molecule has 2 fully saturated rings. The van der Waals surface area contributed by atoms with Gasteiger partial charge in [0.25, 0.3) is 0 Å². The molecule has 2 aliphatic carbocycles. The van der Waals surface area contributed by atoms with Crippen LogP contribution in [-0.2, 0) is 17.0 Å². The molecule has 0 aromatic rings. The molecule has 0 N–H and O–H groups in total. The van der Waals surface area contributed by atoms with Gasteiger partial charge in [-0.3, -0.25) is 0 Å². The van der Waals surface area contributed by atoms with Gasteiger partial charge in [-0.2, -0.15) is 0 Å². The van der Waals surface area contributed by atoms with E-state index in [0.717, 1.165) is 30.5 Å². The van der Waals surface area contributed by atoms with Crippen LogP contribution in [0.1, 0.15) is 6.42 Å². The second-order valence-corrected chi connectivity index (χ2v) is 14.9. The van der Waals surface area contributed by atoms with E-state index < -0.39 is 25.3 Å². The number of nitrogens with zero attached hydrogens (tertiary/aromatic N) is 3. The molecular weight excluding hydrogens is 405 g/mol. The van der Waals surface area contributed by atoms with Crippen LogP contribution < -0.4 is 0 Å². The standard InChI is InChI=1S/C17H30N3Si.CH3.2ClH.Ti/c1-19(2)16-13-17(15-8-6-5-7-14(15)16)21(3,4)20-11-9-18-10-12-20;;;;/h5-8,14-17H,9-13H2,1-4H3;1H3;2*1H;/q2*-1;;;+2/p-2/t14?,15?,16-,17?;;;;/m0..../s1. The van der Waals surface area contributed by atoms with Crippen LogP contribution in [0.3, 0.4) is 0 Å². The summed E-state index contributed by atoms with van der Waals surface area (Å²) in [6.45, 7) is 9.68. The molecule has 0 aromatic heterocycles. The van der Waals surface area contributed by atoms with Gasteiger partial charge in [0.1, 0.15) is 8.24 Å². The van der Waals surface area contributed by atoms with E-state index in [1.54, 1.807) is 0 Å². The predicted octanol–water partition coefficient (Wildman–Crippen LogP) is 4.77. The molecule has 1 aliphatic heterocycles. The van der Waals surface area contributed by atoms with Gasteiger partial charge in [0, 0.05) is 6.04 Å². The fourth-order valence-electron chi connectivity index (χ4n) is 4.73. The number of halogens is 2. The summed E-state index contributed by atoms with van der Waals surface area (Å²) in [5.74, 6) is 1.47. The zero-order chi connectivity index (χ0) is 17.7. The van der Waals surface area contributed by atoms with E-state index in [-0.39, 0.29) is 7.43 Å². The van der Waals surface area contributed by atoms with Crippen molar-refractivity contribution >= 4 is 26.8 Å². The third kappa shape index (κ3) is 5.68. The maximum absolute atomic E-state index is 4.89. The summed E-state index contributed by atoms with van der Waals surface area (Å²) >= 11 is -0.556. The molecule has 7 heteroatoms. The van der Waals surface area contributed by atoms with Crippen molar-refractivity contribution in [3.63, 3.8) is 0 Å². The van der Waals surface area contributed by atoms with Gasteiger partial charge in [-0.15, -0.1) is 13.1 Å². The Hall–Kier alpha value is 0.871. The average Bonchev–Trinajstić information content (AvgIpc) is 2.97. The van der Waals surface area contributed by atoms with Crippen molar-refractivity contribution in [2.75, 3.05) is 40.3 Å². The molecule has 0 amide bonds. The third-order valence-corrected chi connectivity index (χ3v) is 10.6. The SMILES string of the molecule is CN(C)[C@H]1CC([Si](C)(C)N2CC[N-]CC2)C2C=CC=CC21.[CH3-].[Cl][Ti][Cl]. The zero-order valence-electron chi connectivity index (χ0n) is 16.3. The minimum absolute atomic E-state index is 0. The van der Waals surface area contributed by atoms with E-state index in [9.17, 15) is 0 Å². The van der Waals surface area contributed by atoms with Crippen LogP contribution in [0.25, 0.3) is 5.32 Å². The molecular formula is C18H33Cl2N3SiTi-2. The van der Waals surface area contributed by atoms with Crippen molar-refractivity contribution in [3.05, 3.63) is 37.0 Å². The fourth-order valence-corrected chi connectivity index (χ4v) is 8.65. The fraction of sp³-hybridized carbons (Fsp3) is 0.722. The Morgan fingerprint density at radius 1 is 1.08 bits per heavy atom. The van der Waals surface area contributed by atoms with Gasteiger partial charge < -0.3 is 22.2 Å². The molecule has 1 saturated heterocycles. The molecule has 1 saturated carbocycles. The van der Waals surface area contributed by atoms with E-state index in [4.69, 9.17) is 18.6 Å². The summed E-state index contributed by atoms with van der Waals surface area (Å²) in [5, 5.41) is 4.54. The van der Waals surface area contributed by atoms with Crippen LogP contribution in [-0.4, -0.2) is 64.0 Å². The van der Waals surface area contributed by atoms with Crippen molar-refractivity contribution in [1.82, 2.24) is 9.47 Å². The Morgan fingerprint density at radius 2 is 1.60 bits per heavy atom. The molecule has 144 valence electrons. The van der Waals surface area contributed by atoms with E-state index in [2.05, 4.69) is 66.3 Å². The number of piperazine rings is 1. The average molecular weight is 438 g/mol. The Kier molecular flexibility index (Phi) is 10.5. The molecule has 3 nitrogen and oxygen atoms in total. The van der Waals surface area contributed by atoms with Crippen LogP contribution in [0.2, 0.25) is 18.6 Å². The summed E-state index contributed by atoms with van der Waals surface area (Å²) in [4.78, 5) is 2.46. The van der Waals surface area contributed by atoms with Crippen LogP contribution >= 0.6 is 18.6 Å². The van der Waals surface area contributed by atoms with Gasteiger partial charge in [-0.05, 0) is 51.0 Å². The van der Waals surface area contributed by atoms with Crippen LogP contribution in [0, 0.1) is 19.3 Å². The monoisotopic (exact) mass is 437 g/mol. The Balaban J connectivity index is 0.000000730. The minimum atomic E-state index is -1.40. The predicted molar refractivity (Wildman–Crippen MR) is 111 cm³/mol. The molecule has 4 atom stereocenters. The van der Waals surface area contributed by atoms with Crippen LogP contribution in [0.15, 0.2) is 24.3 Å². The summed E-state index contributed by atoms with van der Waals surface area (Å²) in [6, 6.07) is 0.711. The number of rotatable bonds is 3. The number of hydrogen-bond donors (Lipinski definition) is 0. The van der Waals surface area contributed by atoms with Gasteiger partial charge in [0.2, 0.25) is 0 Å². The quantitative estimate of drug-likeness (QED) is 0.468. The van der Waals surface area contributed by atoms with Crippen molar-refractivity contribution in [3.8, 4) is 0 Å². The first-order valence-electron chi connectivity index (χ1n) is 8.79. The molecule has 0 spiro atoms. The second-order valence-electron chi connectivity index (χ2n) is 7.68. The summed E-state index contributed by atoms with van der Waals surface area (Å²) < 4.78 is 2.83. The van der Waals surface area contributed by atoms with Gasteiger partial charge in [0.05, 0.1) is 0 Å². The molecule has 1 heterocycles. The van der Waals surface area contributed by atoms with E-state index in [0.29, 0.717) is 6.04 Å². The summed E-state index contributed by atoms with van der Waals surface area (Å²) in [7, 11) is 12.9. The first kappa shape index (κ1) is 23.9. The second kappa shape index (κ2) is 11.0. The molecule has 3 aliphatic rings. The molecule has 25 heavy (non-hydrogen) atoms. The summed E-state index contributed by atoms with van der Waals surface area (Å²) in [5.41, 5.74) is 0.870. The van der Waals surface area contributed by atoms with E-state index in [1.165, 1.54) is 19.5 Å². The van der Waals surface area contributed by atoms with Gasteiger partial charge in [-0.25, -0.2) is 0 Å². The van der Waals surface area contributed by atoms with Crippen molar-refractivity contribution in [2.45, 2.75) is 31.1 Å².